The SMILES string of the molecule is CN1CCN(CC(=O)N(C)Cc2ccco2)C(CN)C1. The molecule has 0 spiro atoms. The number of furan rings is 1. The van der Waals surface area contributed by atoms with Crippen LogP contribution in [0.3, 0.4) is 0 Å². The van der Waals surface area contributed by atoms with Crippen molar-refractivity contribution in [3.63, 3.8) is 0 Å². The number of hydrogen-bond donors (Lipinski definition) is 1. The fourth-order valence-electron chi connectivity index (χ4n) is 2.50. The number of carbonyl (C=O) groups is 1. The minimum atomic E-state index is 0.101. The molecule has 0 saturated carbocycles. The molecule has 0 aromatic carbocycles. The van der Waals surface area contributed by atoms with Crippen LogP contribution in [0.5, 0.6) is 0 Å². The molecule has 1 fully saturated rings. The zero-order valence-corrected chi connectivity index (χ0v) is 12.3. The van der Waals surface area contributed by atoms with Gasteiger partial charge in [-0.15, -0.1) is 0 Å². The number of amides is 1. The normalized spacial score (nSPS) is 21.1. The first-order chi connectivity index (χ1) is 9.60. The van der Waals surface area contributed by atoms with E-state index in [0.717, 1.165) is 25.4 Å². The number of carbonyl (C=O) groups excluding carboxylic acids is 1. The molecule has 1 aliphatic heterocycles. The Morgan fingerprint density at radius 3 is 3.00 bits per heavy atom. The van der Waals surface area contributed by atoms with E-state index in [9.17, 15) is 4.79 Å². The topological polar surface area (TPSA) is 66.0 Å². The summed E-state index contributed by atoms with van der Waals surface area (Å²) in [4.78, 5) is 18.4. The Hall–Kier alpha value is -1.37. The lowest BCUT2D eigenvalue weighted by atomic mass is 10.1. The minimum absolute atomic E-state index is 0.101. The molecule has 0 radical (unpaired) electrons. The summed E-state index contributed by atoms with van der Waals surface area (Å²) in [7, 11) is 3.89. The number of nitrogens with two attached hydrogens (primary N) is 1. The number of hydrogen-bond acceptors (Lipinski definition) is 5. The van der Waals surface area contributed by atoms with Crippen LogP contribution in [-0.4, -0.2) is 73.5 Å². The monoisotopic (exact) mass is 280 g/mol. The van der Waals surface area contributed by atoms with E-state index in [1.165, 1.54) is 0 Å². The van der Waals surface area contributed by atoms with Crippen molar-refractivity contribution in [2.24, 2.45) is 5.73 Å². The first kappa shape index (κ1) is 15.0. The predicted octanol–water partition coefficient (Wildman–Crippen LogP) is -0.187. The lowest BCUT2D eigenvalue weighted by Gasteiger charge is -2.39. The van der Waals surface area contributed by atoms with Crippen molar-refractivity contribution in [3.05, 3.63) is 24.2 Å². The quantitative estimate of drug-likeness (QED) is 0.810. The third-order valence-electron chi connectivity index (χ3n) is 3.82. The van der Waals surface area contributed by atoms with Gasteiger partial charge in [0.15, 0.2) is 0 Å². The lowest BCUT2D eigenvalue weighted by Crippen LogP contribution is -2.56. The maximum Gasteiger partial charge on any atom is 0.236 e. The van der Waals surface area contributed by atoms with E-state index in [1.807, 2.05) is 12.1 Å². The van der Waals surface area contributed by atoms with Crippen LogP contribution < -0.4 is 5.73 Å². The van der Waals surface area contributed by atoms with Crippen molar-refractivity contribution in [1.82, 2.24) is 14.7 Å². The van der Waals surface area contributed by atoms with Crippen LogP contribution in [0.25, 0.3) is 0 Å². The summed E-state index contributed by atoms with van der Waals surface area (Å²) < 4.78 is 5.27. The fourth-order valence-corrected chi connectivity index (χ4v) is 2.50. The molecular formula is C14H24N4O2. The molecule has 112 valence electrons. The molecule has 0 bridgehead atoms. The van der Waals surface area contributed by atoms with E-state index in [0.29, 0.717) is 19.6 Å². The third kappa shape index (κ3) is 3.82. The zero-order valence-electron chi connectivity index (χ0n) is 12.3. The fraction of sp³-hybridized carbons (Fsp3) is 0.643. The second-order valence-electron chi connectivity index (χ2n) is 5.45. The molecular weight excluding hydrogens is 256 g/mol. The Kier molecular flexibility index (Phi) is 5.17. The highest BCUT2D eigenvalue weighted by Crippen LogP contribution is 2.09. The van der Waals surface area contributed by atoms with Gasteiger partial charge >= 0.3 is 0 Å². The average Bonchev–Trinajstić information content (AvgIpc) is 2.93. The van der Waals surface area contributed by atoms with Crippen molar-refractivity contribution in [2.75, 3.05) is 46.8 Å². The van der Waals surface area contributed by atoms with Gasteiger partial charge in [-0.05, 0) is 19.2 Å². The van der Waals surface area contributed by atoms with Gasteiger partial charge in [-0.3, -0.25) is 9.69 Å². The van der Waals surface area contributed by atoms with Gasteiger partial charge in [-0.2, -0.15) is 0 Å². The Labute approximate surface area is 120 Å². The largest absolute Gasteiger partial charge is 0.467 e. The highest BCUT2D eigenvalue weighted by Gasteiger charge is 2.26. The molecule has 6 nitrogen and oxygen atoms in total. The van der Waals surface area contributed by atoms with Crippen molar-refractivity contribution in [1.29, 1.82) is 0 Å². The maximum absolute atomic E-state index is 12.3. The van der Waals surface area contributed by atoms with Gasteiger partial charge in [0.2, 0.25) is 5.91 Å². The molecule has 1 atom stereocenters. The second-order valence-corrected chi connectivity index (χ2v) is 5.45. The number of nitrogens with zero attached hydrogens (tertiary/aromatic N) is 3. The molecule has 1 aromatic rings. The first-order valence-corrected chi connectivity index (χ1v) is 6.99. The Morgan fingerprint density at radius 1 is 1.55 bits per heavy atom. The summed E-state index contributed by atoms with van der Waals surface area (Å²) in [5.74, 6) is 0.902. The Bertz CT molecular complexity index is 421. The Morgan fingerprint density at radius 2 is 2.35 bits per heavy atom. The molecule has 1 saturated heterocycles. The van der Waals surface area contributed by atoms with Gasteiger partial charge in [0.05, 0.1) is 19.4 Å². The van der Waals surface area contributed by atoms with Crippen LogP contribution in [0.4, 0.5) is 0 Å². The standard InChI is InChI=1S/C14H24N4O2/c1-16-5-6-18(12(8-15)9-16)11-14(19)17(2)10-13-4-3-7-20-13/h3-4,7,12H,5-6,8-11,15H2,1-2H3. The van der Waals surface area contributed by atoms with E-state index in [2.05, 4.69) is 16.8 Å². The van der Waals surface area contributed by atoms with E-state index < -0.39 is 0 Å². The van der Waals surface area contributed by atoms with Crippen LogP contribution in [-0.2, 0) is 11.3 Å². The van der Waals surface area contributed by atoms with E-state index in [-0.39, 0.29) is 11.9 Å². The van der Waals surface area contributed by atoms with Gasteiger partial charge in [-0.1, -0.05) is 0 Å². The van der Waals surface area contributed by atoms with E-state index in [1.54, 1.807) is 18.2 Å². The summed E-state index contributed by atoms with van der Waals surface area (Å²) in [5.41, 5.74) is 5.81. The summed E-state index contributed by atoms with van der Waals surface area (Å²) in [5, 5.41) is 0. The molecule has 20 heavy (non-hydrogen) atoms. The van der Waals surface area contributed by atoms with Crippen LogP contribution >= 0.6 is 0 Å². The number of likely N-dealkylation sites (N-methyl/N-ethyl adjacent to an activating group) is 2. The average molecular weight is 280 g/mol. The van der Waals surface area contributed by atoms with Crippen molar-refractivity contribution in [2.45, 2.75) is 12.6 Å². The van der Waals surface area contributed by atoms with E-state index >= 15 is 0 Å². The van der Waals surface area contributed by atoms with Crippen LogP contribution in [0, 0.1) is 0 Å². The predicted molar refractivity (Wildman–Crippen MR) is 77.1 cm³/mol. The zero-order chi connectivity index (χ0) is 14.5. The highest BCUT2D eigenvalue weighted by atomic mass is 16.3. The third-order valence-corrected chi connectivity index (χ3v) is 3.82. The molecule has 2 rings (SSSR count). The van der Waals surface area contributed by atoms with Crippen LogP contribution in [0.15, 0.2) is 22.8 Å². The van der Waals surface area contributed by atoms with Crippen molar-refractivity contribution < 1.29 is 9.21 Å². The van der Waals surface area contributed by atoms with Gasteiger partial charge in [0, 0.05) is 39.3 Å². The molecule has 1 unspecified atom stereocenters. The van der Waals surface area contributed by atoms with Gasteiger partial charge in [0.1, 0.15) is 5.76 Å². The van der Waals surface area contributed by atoms with E-state index in [4.69, 9.17) is 10.2 Å². The van der Waals surface area contributed by atoms with Gasteiger partial charge < -0.3 is 20.0 Å². The Balaban J connectivity index is 1.86. The first-order valence-electron chi connectivity index (χ1n) is 6.99. The van der Waals surface area contributed by atoms with Crippen molar-refractivity contribution in [3.8, 4) is 0 Å². The molecule has 1 aliphatic rings. The lowest BCUT2D eigenvalue weighted by molar-refractivity contribution is -0.133. The summed E-state index contributed by atoms with van der Waals surface area (Å²) in [6.45, 7) is 4.30. The number of piperazine rings is 1. The summed E-state index contributed by atoms with van der Waals surface area (Å²) >= 11 is 0. The summed E-state index contributed by atoms with van der Waals surface area (Å²) in [6.07, 6.45) is 1.62. The molecule has 1 amide bonds. The summed E-state index contributed by atoms with van der Waals surface area (Å²) in [6, 6.07) is 3.97. The smallest absolute Gasteiger partial charge is 0.236 e. The molecule has 2 heterocycles. The second kappa shape index (κ2) is 6.88. The number of rotatable bonds is 5. The van der Waals surface area contributed by atoms with Crippen LogP contribution in [0.2, 0.25) is 0 Å². The van der Waals surface area contributed by atoms with Crippen molar-refractivity contribution >= 4 is 5.91 Å². The van der Waals surface area contributed by atoms with Gasteiger partial charge in [-0.25, -0.2) is 0 Å². The molecule has 2 N–H and O–H groups in total. The van der Waals surface area contributed by atoms with Crippen LogP contribution in [0.1, 0.15) is 5.76 Å². The molecule has 1 aromatic heterocycles. The molecule has 0 aliphatic carbocycles. The molecule has 6 heteroatoms. The maximum atomic E-state index is 12.3. The minimum Gasteiger partial charge on any atom is -0.467 e. The van der Waals surface area contributed by atoms with Gasteiger partial charge in [0.25, 0.3) is 0 Å². The highest BCUT2D eigenvalue weighted by molar-refractivity contribution is 5.78.